The molecule has 1 nitrogen and oxygen atoms in total. The molecule has 19 heavy (non-hydrogen) atoms. The second-order valence-corrected chi connectivity index (χ2v) is 6.45. The van der Waals surface area contributed by atoms with Crippen LogP contribution in [0.2, 0.25) is 5.02 Å². The second kappa shape index (κ2) is 6.14. The molecule has 2 aromatic rings. The van der Waals surface area contributed by atoms with Crippen molar-refractivity contribution in [3.8, 4) is 0 Å². The van der Waals surface area contributed by atoms with E-state index in [4.69, 9.17) is 11.6 Å². The summed E-state index contributed by atoms with van der Waals surface area (Å²) in [6, 6.07) is 10.4. The van der Waals surface area contributed by atoms with Crippen LogP contribution in [0.3, 0.4) is 0 Å². The van der Waals surface area contributed by atoms with Gasteiger partial charge in [-0.2, -0.15) is 0 Å². The topological polar surface area (TPSA) is 12.0 Å². The minimum atomic E-state index is 0.776. The van der Waals surface area contributed by atoms with Gasteiger partial charge in [0.05, 0.1) is 0 Å². The minimum Gasteiger partial charge on any atom is -0.380 e. The van der Waals surface area contributed by atoms with Crippen molar-refractivity contribution in [3.63, 3.8) is 0 Å². The van der Waals surface area contributed by atoms with Gasteiger partial charge in [0.15, 0.2) is 0 Å². The van der Waals surface area contributed by atoms with Crippen molar-refractivity contribution in [1.82, 2.24) is 0 Å². The molecule has 0 heterocycles. The molecular weight excluding hydrogens is 369 g/mol. The van der Waals surface area contributed by atoms with Gasteiger partial charge in [-0.3, -0.25) is 0 Å². The lowest BCUT2D eigenvalue weighted by Crippen LogP contribution is -2.05. The van der Waals surface area contributed by atoms with Gasteiger partial charge in [0.2, 0.25) is 0 Å². The summed E-state index contributed by atoms with van der Waals surface area (Å²) < 4.78 is 1.15. The van der Waals surface area contributed by atoms with Gasteiger partial charge in [-0.1, -0.05) is 29.3 Å². The van der Waals surface area contributed by atoms with Crippen LogP contribution < -0.4 is 5.32 Å². The van der Waals surface area contributed by atoms with Crippen molar-refractivity contribution in [2.75, 3.05) is 5.32 Å². The van der Waals surface area contributed by atoms with Crippen LogP contribution in [0.15, 0.2) is 30.3 Å². The van der Waals surface area contributed by atoms with E-state index in [2.05, 4.69) is 60.8 Å². The van der Waals surface area contributed by atoms with Crippen molar-refractivity contribution in [3.05, 3.63) is 61.2 Å². The van der Waals surface area contributed by atoms with Crippen molar-refractivity contribution >= 4 is 39.9 Å². The first-order valence-electron chi connectivity index (χ1n) is 6.23. The van der Waals surface area contributed by atoms with Crippen molar-refractivity contribution < 1.29 is 0 Å². The Hall–Kier alpha value is -0.740. The van der Waals surface area contributed by atoms with Crippen LogP contribution >= 0.6 is 34.2 Å². The number of hydrogen-bond donors (Lipinski definition) is 1. The number of aryl methyl sites for hydroxylation is 3. The van der Waals surface area contributed by atoms with Crippen LogP contribution in [0, 0.1) is 24.3 Å². The van der Waals surface area contributed by atoms with Crippen LogP contribution in [0.25, 0.3) is 0 Å². The molecule has 0 bridgehead atoms. The summed E-state index contributed by atoms with van der Waals surface area (Å²) >= 11 is 8.27. The first-order chi connectivity index (χ1) is 8.97. The normalized spacial score (nSPS) is 10.6. The summed E-state index contributed by atoms with van der Waals surface area (Å²) in [6.45, 7) is 7.32. The van der Waals surface area contributed by atoms with E-state index in [1.807, 2.05) is 18.2 Å². The molecule has 0 radical (unpaired) electrons. The Bertz CT molecular complexity index is 585. The third-order valence-corrected chi connectivity index (χ3v) is 4.35. The average Bonchev–Trinajstić information content (AvgIpc) is 2.30. The Labute approximate surface area is 133 Å². The van der Waals surface area contributed by atoms with Gasteiger partial charge < -0.3 is 5.32 Å². The molecule has 2 rings (SSSR count). The van der Waals surface area contributed by atoms with Gasteiger partial charge >= 0.3 is 0 Å². The summed E-state index contributed by atoms with van der Waals surface area (Å²) in [7, 11) is 0. The highest BCUT2D eigenvalue weighted by Gasteiger charge is 2.05. The average molecular weight is 386 g/mol. The van der Waals surface area contributed by atoms with Crippen LogP contribution in [0.4, 0.5) is 5.69 Å². The molecule has 0 atom stereocenters. The van der Waals surface area contributed by atoms with E-state index in [0.717, 1.165) is 20.8 Å². The Morgan fingerprint density at radius 2 is 1.68 bits per heavy atom. The zero-order chi connectivity index (χ0) is 14.0. The third-order valence-electron chi connectivity index (χ3n) is 3.23. The zero-order valence-electron chi connectivity index (χ0n) is 11.3. The molecule has 0 aliphatic heterocycles. The number of hydrogen-bond acceptors (Lipinski definition) is 1. The fourth-order valence-electron chi connectivity index (χ4n) is 2.31. The van der Waals surface area contributed by atoms with Crippen LogP contribution in [0.1, 0.15) is 22.3 Å². The summed E-state index contributed by atoms with van der Waals surface area (Å²) in [6.07, 6.45) is 0. The maximum atomic E-state index is 5.97. The molecule has 0 amide bonds. The standard InChI is InChI=1S/C16H17ClIN/c1-10-6-11(2)14(12(3)7-10)9-19-16-5-4-13(17)8-15(16)18/h4-8,19H,9H2,1-3H3. The first-order valence-corrected chi connectivity index (χ1v) is 7.68. The van der Waals surface area contributed by atoms with E-state index in [0.29, 0.717) is 0 Å². The quantitative estimate of drug-likeness (QED) is 0.690. The monoisotopic (exact) mass is 385 g/mol. The molecule has 3 heteroatoms. The highest BCUT2D eigenvalue weighted by Crippen LogP contribution is 2.24. The maximum Gasteiger partial charge on any atom is 0.0479 e. The Balaban J connectivity index is 2.19. The molecule has 0 aliphatic rings. The summed E-state index contributed by atoms with van der Waals surface area (Å²) in [5.74, 6) is 0. The van der Waals surface area contributed by atoms with E-state index in [9.17, 15) is 0 Å². The largest absolute Gasteiger partial charge is 0.380 e. The predicted octanol–water partition coefficient (Wildman–Crippen LogP) is 5.48. The SMILES string of the molecule is Cc1cc(C)c(CNc2ccc(Cl)cc2I)c(C)c1. The summed E-state index contributed by atoms with van der Waals surface area (Å²) in [5, 5.41) is 4.27. The number of rotatable bonds is 3. The van der Waals surface area contributed by atoms with E-state index in [-0.39, 0.29) is 0 Å². The molecule has 0 saturated heterocycles. The highest BCUT2D eigenvalue weighted by molar-refractivity contribution is 14.1. The van der Waals surface area contributed by atoms with Crippen molar-refractivity contribution in [1.29, 1.82) is 0 Å². The van der Waals surface area contributed by atoms with E-state index < -0.39 is 0 Å². The van der Waals surface area contributed by atoms with Gasteiger partial charge in [-0.15, -0.1) is 0 Å². The van der Waals surface area contributed by atoms with Crippen molar-refractivity contribution in [2.45, 2.75) is 27.3 Å². The summed E-state index contributed by atoms with van der Waals surface area (Å²) in [5.41, 5.74) is 6.50. The molecule has 0 saturated carbocycles. The molecule has 0 aliphatic carbocycles. The fraction of sp³-hybridized carbons (Fsp3) is 0.250. The maximum absolute atomic E-state index is 5.97. The Morgan fingerprint density at radius 1 is 1.05 bits per heavy atom. The highest BCUT2D eigenvalue weighted by atomic mass is 127. The van der Waals surface area contributed by atoms with Gasteiger partial charge in [0, 0.05) is 20.8 Å². The number of nitrogens with one attached hydrogen (secondary N) is 1. The molecular formula is C16H17ClIN. The van der Waals surface area contributed by atoms with Gasteiger partial charge in [0.25, 0.3) is 0 Å². The lowest BCUT2D eigenvalue weighted by molar-refractivity contribution is 1.08. The fourth-order valence-corrected chi connectivity index (χ4v) is 3.37. The van der Waals surface area contributed by atoms with Gasteiger partial charge in [0.1, 0.15) is 0 Å². The molecule has 0 unspecified atom stereocenters. The van der Waals surface area contributed by atoms with Crippen molar-refractivity contribution in [2.24, 2.45) is 0 Å². The van der Waals surface area contributed by atoms with Crippen LogP contribution in [0.5, 0.6) is 0 Å². The summed E-state index contributed by atoms with van der Waals surface area (Å²) in [4.78, 5) is 0. The Kier molecular flexibility index (Phi) is 4.74. The molecule has 0 fully saturated rings. The molecule has 0 spiro atoms. The van der Waals surface area contributed by atoms with Crippen LogP contribution in [-0.2, 0) is 6.54 Å². The zero-order valence-corrected chi connectivity index (χ0v) is 14.3. The van der Waals surface area contributed by atoms with Crippen LogP contribution in [-0.4, -0.2) is 0 Å². The lowest BCUT2D eigenvalue weighted by atomic mass is 10.00. The first kappa shape index (κ1) is 14.7. The Morgan fingerprint density at radius 3 is 2.26 bits per heavy atom. The molecule has 0 aromatic heterocycles. The molecule has 100 valence electrons. The van der Waals surface area contributed by atoms with E-state index in [1.165, 1.54) is 22.3 Å². The van der Waals surface area contributed by atoms with E-state index >= 15 is 0 Å². The van der Waals surface area contributed by atoms with Gasteiger partial charge in [-0.25, -0.2) is 0 Å². The predicted molar refractivity (Wildman–Crippen MR) is 92.1 cm³/mol. The number of anilines is 1. The smallest absolute Gasteiger partial charge is 0.0479 e. The number of halogens is 2. The lowest BCUT2D eigenvalue weighted by Gasteiger charge is -2.14. The molecule has 1 N–H and O–H groups in total. The minimum absolute atomic E-state index is 0.776. The number of benzene rings is 2. The third kappa shape index (κ3) is 3.63. The van der Waals surface area contributed by atoms with Gasteiger partial charge in [-0.05, 0) is 78.3 Å². The van der Waals surface area contributed by atoms with E-state index in [1.54, 1.807) is 0 Å². The molecule has 2 aromatic carbocycles. The second-order valence-electron chi connectivity index (χ2n) is 4.85.